The molecule has 12 heteroatoms. The zero-order chi connectivity index (χ0) is 38.9. The molecule has 2 bridgehead atoms. The molecule has 0 spiro atoms. The van der Waals surface area contributed by atoms with E-state index in [2.05, 4.69) is 25.3 Å². The van der Waals surface area contributed by atoms with Crippen molar-refractivity contribution in [2.24, 2.45) is 10.9 Å². The number of hydrogen-bond donors (Lipinski definition) is 2. The fraction of sp³-hybridized carbons (Fsp3) is 0.568. The Morgan fingerprint density at radius 2 is 1.71 bits per heavy atom. The number of piperazine rings is 1. The van der Waals surface area contributed by atoms with Gasteiger partial charge in [0.05, 0.1) is 36.7 Å². The van der Waals surface area contributed by atoms with Crippen LogP contribution in [-0.4, -0.2) is 129 Å². The van der Waals surface area contributed by atoms with Crippen LogP contribution in [0.4, 0.5) is 16.2 Å². The summed E-state index contributed by atoms with van der Waals surface area (Å²) in [5, 5.41) is 6.60. The van der Waals surface area contributed by atoms with Crippen LogP contribution < -0.4 is 25.0 Å². The van der Waals surface area contributed by atoms with E-state index in [9.17, 15) is 9.59 Å². The van der Waals surface area contributed by atoms with Gasteiger partial charge in [0.15, 0.2) is 0 Å². The van der Waals surface area contributed by atoms with Crippen molar-refractivity contribution >= 4 is 29.1 Å². The molecule has 2 aromatic carbocycles. The number of carbonyl (C=O) groups is 2. The Hall–Kier alpha value is -4.23. The van der Waals surface area contributed by atoms with Gasteiger partial charge < -0.3 is 19.5 Å². The zero-order valence-electron chi connectivity index (χ0n) is 33.5. The monoisotopic (exact) mass is 767 g/mol. The Kier molecular flexibility index (Phi) is 13.8. The molecule has 2 N–H and O–H groups in total. The van der Waals surface area contributed by atoms with E-state index in [1.54, 1.807) is 7.11 Å². The normalized spacial score (nSPS) is 25.4. The fourth-order valence-corrected chi connectivity index (χ4v) is 9.16. The van der Waals surface area contributed by atoms with Crippen LogP contribution >= 0.6 is 0 Å². The van der Waals surface area contributed by atoms with Crippen molar-refractivity contribution in [1.29, 1.82) is 0 Å². The van der Waals surface area contributed by atoms with Crippen LogP contribution in [0.1, 0.15) is 57.4 Å². The number of nitrogens with one attached hydrogen (secondary N) is 2. The number of amides is 2. The topological polar surface area (TPSA) is 111 Å². The molecule has 0 radical (unpaired) electrons. The third-order valence-electron chi connectivity index (χ3n) is 12.0. The minimum atomic E-state index is -0.398. The van der Waals surface area contributed by atoms with E-state index >= 15 is 0 Å². The summed E-state index contributed by atoms with van der Waals surface area (Å²) >= 11 is 0. The first kappa shape index (κ1) is 40.0. The van der Waals surface area contributed by atoms with Crippen molar-refractivity contribution in [1.82, 2.24) is 20.0 Å². The number of rotatable bonds is 16. The van der Waals surface area contributed by atoms with E-state index in [0.717, 1.165) is 94.3 Å². The number of anilines is 2. The van der Waals surface area contributed by atoms with Gasteiger partial charge in [0.25, 0.3) is 0 Å². The summed E-state index contributed by atoms with van der Waals surface area (Å²) in [5.74, 6) is 1.05. The van der Waals surface area contributed by atoms with E-state index in [0.29, 0.717) is 36.7 Å². The molecule has 5 aliphatic rings. The quantitative estimate of drug-likeness (QED) is 0.203. The van der Waals surface area contributed by atoms with Crippen LogP contribution in [0, 0.1) is 12.8 Å². The second-order valence-electron chi connectivity index (χ2n) is 15.8. The maximum absolute atomic E-state index is 13.9. The van der Waals surface area contributed by atoms with Crippen molar-refractivity contribution in [3.8, 4) is 11.5 Å². The summed E-state index contributed by atoms with van der Waals surface area (Å²) in [7, 11) is 1.61. The molecule has 4 unspecified atom stereocenters. The molecule has 56 heavy (non-hydrogen) atoms. The fourth-order valence-electron chi connectivity index (χ4n) is 9.16. The summed E-state index contributed by atoms with van der Waals surface area (Å²) < 4.78 is 17.3. The van der Waals surface area contributed by atoms with Crippen LogP contribution in [0.2, 0.25) is 0 Å². The van der Waals surface area contributed by atoms with Gasteiger partial charge in [0, 0.05) is 70.7 Å². The Labute approximate surface area is 332 Å². The average Bonchev–Trinajstić information content (AvgIpc) is 3.19. The second-order valence-corrected chi connectivity index (χ2v) is 15.8. The lowest BCUT2D eigenvalue weighted by Gasteiger charge is -2.48. The van der Waals surface area contributed by atoms with Gasteiger partial charge in [-0.15, -0.1) is 0 Å². The summed E-state index contributed by atoms with van der Waals surface area (Å²) in [4.78, 5) is 41.5. The van der Waals surface area contributed by atoms with E-state index in [-0.39, 0.29) is 24.1 Å². The molecule has 3 fully saturated rings. The number of unbranched alkanes of at least 4 members (excludes halogenated alkanes) is 1. The van der Waals surface area contributed by atoms with Gasteiger partial charge in [-0.2, -0.15) is 0 Å². The maximum atomic E-state index is 13.9. The number of para-hydroxylation sites is 2. The number of nitrogens with zero attached hydrogens (tertiary/aromatic N) is 5. The largest absolute Gasteiger partial charge is 0.495 e. The number of carbonyl (C=O) groups excluding carboxylic acids is 2. The van der Waals surface area contributed by atoms with E-state index in [1.807, 2.05) is 85.5 Å². The summed E-state index contributed by atoms with van der Waals surface area (Å²) in [6.45, 7) is 13.3. The minimum Gasteiger partial charge on any atom is -0.495 e. The number of methoxy groups -OCH3 is 1. The molecular weight excluding hydrogens is 707 g/mol. The van der Waals surface area contributed by atoms with Crippen molar-refractivity contribution in [2.75, 3.05) is 82.8 Å². The molecule has 2 amide bonds. The molecule has 302 valence electrons. The standard InChI is InChI=1S/C44H61N7O5/c1-4-55-41-17-8-7-16-39(41)51-42(46-37-15-6-5-14-36(37)43(51)52)31-49-26-24-48(25-27-49)23-21-45-20-9-10-22-50-33-12-11-13-34(50)30-35(29-33)56-44(53)47-38-28-32(2)18-19-40(38)54-3/h5-8,14-19,28,33-36,42,45H,4,9-13,20-27,29-31H2,1-3H3,(H,47,53). The predicted octanol–water partition coefficient (Wildman–Crippen LogP) is 5.88. The SMILES string of the molecule is CCOc1ccccc1N1C(=O)C2C=CC=CC2=NC1CN1CCN(CCNCCCCN2C3CCCC2CC(OC(=O)Nc2cc(C)ccc2OC)C3)CC1. The molecule has 0 aromatic heterocycles. The van der Waals surface area contributed by atoms with Gasteiger partial charge in [-0.05, 0) is 88.5 Å². The highest BCUT2D eigenvalue weighted by Gasteiger charge is 2.41. The highest BCUT2D eigenvalue weighted by Crippen LogP contribution is 2.37. The van der Waals surface area contributed by atoms with E-state index in [1.165, 1.54) is 25.7 Å². The molecule has 3 saturated heterocycles. The first-order chi connectivity index (χ1) is 27.4. The minimum absolute atomic E-state index is 0.0522. The molecular formula is C44H61N7O5. The number of fused-ring (bicyclic) bond motifs is 3. The number of aliphatic imine (C=N–C) groups is 1. The Morgan fingerprint density at radius 1 is 0.929 bits per heavy atom. The van der Waals surface area contributed by atoms with Gasteiger partial charge in [0.2, 0.25) is 5.91 Å². The molecule has 12 nitrogen and oxygen atoms in total. The smallest absolute Gasteiger partial charge is 0.412 e. The highest BCUT2D eigenvalue weighted by molar-refractivity contribution is 6.18. The van der Waals surface area contributed by atoms with Gasteiger partial charge in [0.1, 0.15) is 23.8 Å². The number of allylic oxidation sites excluding steroid dienone is 3. The highest BCUT2D eigenvalue weighted by atomic mass is 16.6. The number of hydrogen-bond acceptors (Lipinski definition) is 10. The lowest BCUT2D eigenvalue weighted by Crippen LogP contribution is -2.56. The number of benzene rings is 2. The molecule has 4 atom stereocenters. The van der Waals surface area contributed by atoms with E-state index < -0.39 is 6.09 Å². The molecule has 4 aliphatic heterocycles. The van der Waals surface area contributed by atoms with Crippen molar-refractivity contribution in [3.05, 3.63) is 72.3 Å². The molecule has 7 rings (SSSR count). The summed E-state index contributed by atoms with van der Waals surface area (Å²) in [6.07, 6.45) is 14.8. The van der Waals surface area contributed by atoms with Crippen LogP contribution in [0.25, 0.3) is 0 Å². The van der Waals surface area contributed by atoms with E-state index in [4.69, 9.17) is 19.2 Å². The average molecular weight is 768 g/mol. The molecule has 2 aromatic rings. The van der Waals surface area contributed by atoms with Crippen LogP contribution in [-0.2, 0) is 9.53 Å². The first-order valence-corrected chi connectivity index (χ1v) is 20.9. The Bertz CT molecular complexity index is 1730. The second kappa shape index (κ2) is 19.3. The molecule has 4 heterocycles. The lowest BCUT2D eigenvalue weighted by molar-refractivity contribution is -0.120. The zero-order valence-corrected chi connectivity index (χ0v) is 33.5. The van der Waals surface area contributed by atoms with Gasteiger partial charge in [-0.25, -0.2) is 4.79 Å². The first-order valence-electron chi connectivity index (χ1n) is 20.9. The van der Waals surface area contributed by atoms with Gasteiger partial charge in [-0.1, -0.05) is 42.8 Å². The van der Waals surface area contributed by atoms with Crippen LogP contribution in [0.5, 0.6) is 11.5 Å². The van der Waals surface area contributed by atoms with Crippen molar-refractivity contribution < 1.29 is 23.8 Å². The predicted molar refractivity (Wildman–Crippen MR) is 222 cm³/mol. The number of aryl methyl sites for hydroxylation is 1. The van der Waals surface area contributed by atoms with Crippen molar-refractivity contribution in [3.63, 3.8) is 0 Å². The van der Waals surface area contributed by atoms with Crippen molar-refractivity contribution in [2.45, 2.75) is 83.1 Å². The summed E-state index contributed by atoms with van der Waals surface area (Å²) in [5.41, 5.74) is 3.34. The number of piperidine rings is 2. The third-order valence-corrected chi connectivity index (χ3v) is 12.0. The Balaban J connectivity index is 0.801. The molecule has 0 saturated carbocycles. The van der Waals surface area contributed by atoms with Crippen LogP contribution in [0.15, 0.2) is 71.8 Å². The molecule has 1 aliphatic carbocycles. The number of ether oxygens (including phenoxy) is 3. The third kappa shape index (κ3) is 9.82. The summed E-state index contributed by atoms with van der Waals surface area (Å²) in [6, 6.07) is 14.5. The van der Waals surface area contributed by atoms with Gasteiger partial charge >= 0.3 is 6.09 Å². The van der Waals surface area contributed by atoms with Gasteiger partial charge in [-0.3, -0.25) is 34.7 Å². The maximum Gasteiger partial charge on any atom is 0.412 e. The Morgan fingerprint density at radius 3 is 2.50 bits per heavy atom. The lowest BCUT2D eigenvalue weighted by atomic mass is 9.82. The van der Waals surface area contributed by atoms with Crippen LogP contribution in [0.3, 0.4) is 0 Å².